The van der Waals surface area contributed by atoms with Gasteiger partial charge in [0.1, 0.15) is 5.76 Å². The van der Waals surface area contributed by atoms with Gasteiger partial charge in [-0.2, -0.15) is 0 Å². The predicted octanol–water partition coefficient (Wildman–Crippen LogP) is 5.02. The molecular weight excluding hydrogens is 215 g/mol. The van der Waals surface area contributed by atoms with Crippen LogP contribution in [0.25, 0.3) is 0 Å². The van der Waals surface area contributed by atoms with Gasteiger partial charge in [0.15, 0.2) is 0 Å². The Hall–Kier alpha value is -1.05. The van der Waals surface area contributed by atoms with Gasteiger partial charge in [-0.3, -0.25) is 0 Å². The van der Waals surface area contributed by atoms with E-state index in [0.717, 1.165) is 6.42 Å². The standard InChI is InChI=1S/C15H25FO/c1-6-7-10-14(11-8-9-12(2)3)17-15(16)13(4)5/h6-8,10-13,15H,9H2,1-5H3/b7-6-,11-8+,14-10+. The molecule has 0 N–H and O–H groups in total. The van der Waals surface area contributed by atoms with E-state index in [4.69, 9.17) is 4.74 Å². The van der Waals surface area contributed by atoms with Crippen LogP contribution in [0.4, 0.5) is 4.39 Å². The molecule has 0 rings (SSSR count). The van der Waals surface area contributed by atoms with Gasteiger partial charge in [0.2, 0.25) is 6.36 Å². The topological polar surface area (TPSA) is 9.23 Å². The Morgan fingerprint density at radius 3 is 2.35 bits per heavy atom. The fraction of sp³-hybridized carbons (Fsp3) is 0.600. The molecule has 0 amide bonds. The van der Waals surface area contributed by atoms with Gasteiger partial charge in [-0.05, 0) is 31.4 Å². The van der Waals surface area contributed by atoms with Crippen LogP contribution in [0.3, 0.4) is 0 Å². The van der Waals surface area contributed by atoms with Gasteiger partial charge in [0.05, 0.1) is 0 Å². The van der Waals surface area contributed by atoms with Crippen LogP contribution in [0.15, 0.2) is 36.1 Å². The number of alkyl halides is 1. The molecule has 2 heteroatoms. The summed E-state index contributed by atoms with van der Waals surface area (Å²) in [6.45, 7) is 9.81. The highest BCUT2D eigenvalue weighted by Gasteiger charge is 2.12. The maximum Gasteiger partial charge on any atom is 0.240 e. The maximum atomic E-state index is 13.5. The second-order valence-corrected chi connectivity index (χ2v) is 4.84. The van der Waals surface area contributed by atoms with Crippen molar-refractivity contribution in [2.75, 3.05) is 0 Å². The largest absolute Gasteiger partial charge is 0.460 e. The van der Waals surface area contributed by atoms with E-state index in [0.29, 0.717) is 11.7 Å². The zero-order chi connectivity index (χ0) is 13.3. The highest BCUT2D eigenvalue weighted by molar-refractivity contribution is 5.18. The van der Waals surface area contributed by atoms with Crippen LogP contribution in [-0.4, -0.2) is 6.36 Å². The smallest absolute Gasteiger partial charge is 0.240 e. The van der Waals surface area contributed by atoms with Crippen molar-refractivity contribution in [3.63, 3.8) is 0 Å². The highest BCUT2D eigenvalue weighted by Crippen LogP contribution is 2.14. The van der Waals surface area contributed by atoms with Crippen LogP contribution in [0, 0.1) is 11.8 Å². The van der Waals surface area contributed by atoms with E-state index in [1.807, 2.05) is 31.2 Å². The molecule has 0 saturated carbocycles. The Bertz CT molecular complexity index is 275. The molecule has 1 nitrogen and oxygen atoms in total. The van der Waals surface area contributed by atoms with E-state index >= 15 is 0 Å². The summed E-state index contributed by atoms with van der Waals surface area (Å²) in [5, 5.41) is 0. The van der Waals surface area contributed by atoms with E-state index < -0.39 is 6.36 Å². The van der Waals surface area contributed by atoms with Crippen LogP contribution in [-0.2, 0) is 4.74 Å². The summed E-state index contributed by atoms with van der Waals surface area (Å²) in [6, 6.07) is 0. The Kier molecular flexibility index (Phi) is 8.47. The van der Waals surface area contributed by atoms with Gasteiger partial charge in [-0.15, -0.1) is 0 Å². The lowest BCUT2D eigenvalue weighted by molar-refractivity contribution is -0.0236. The molecule has 0 heterocycles. The average Bonchev–Trinajstić information content (AvgIpc) is 2.24. The van der Waals surface area contributed by atoms with Crippen LogP contribution < -0.4 is 0 Å². The summed E-state index contributed by atoms with van der Waals surface area (Å²) in [6.07, 6.45) is 9.10. The van der Waals surface area contributed by atoms with Gasteiger partial charge in [-0.25, -0.2) is 4.39 Å². The monoisotopic (exact) mass is 240 g/mol. The van der Waals surface area contributed by atoms with Crippen molar-refractivity contribution in [2.45, 2.75) is 47.4 Å². The number of halogens is 1. The van der Waals surface area contributed by atoms with Crippen molar-refractivity contribution in [3.8, 4) is 0 Å². The second kappa shape index (κ2) is 9.03. The molecule has 0 aromatic heterocycles. The van der Waals surface area contributed by atoms with E-state index in [9.17, 15) is 4.39 Å². The Morgan fingerprint density at radius 1 is 1.24 bits per heavy atom. The number of allylic oxidation sites excluding steroid dienone is 5. The van der Waals surface area contributed by atoms with Crippen LogP contribution in [0.5, 0.6) is 0 Å². The van der Waals surface area contributed by atoms with Crippen molar-refractivity contribution in [3.05, 3.63) is 36.1 Å². The first kappa shape index (κ1) is 16.0. The Balaban J connectivity index is 4.49. The van der Waals surface area contributed by atoms with Crippen molar-refractivity contribution in [1.29, 1.82) is 0 Å². The second-order valence-electron chi connectivity index (χ2n) is 4.84. The lowest BCUT2D eigenvalue weighted by atomic mass is 10.1. The van der Waals surface area contributed by atoms with Gasteiger partial charge < -0.3 is 4.74 Å². The van der Waals surface area contributed by atoms with Crippen molar-refractivity contribution >= 4 is 0 Å². The Labute approximate surface area is 105 Å². The molecule has 17 heavy (non-hydrogen) atoms. The molecule has 0 aliphatic heterocycles. The number of hydrogen-bond donors (Lipinski definition) is 0. The molecule has 0 bridgehead atoms. The molecule has 0 spiro atoms. The molecule has 0 aromatic carbocycles. The van der Waals surface area contributed by atoms with E-state index in [2.05, 4.69) is 13.8 Å². The van der Waals surface area contributed by atoms with E-state index in [1.54, 1.807) is 19.9 Å². The van der Waals surface area contributed by atoms with Crippen molar-refractivity contribution in [2.24, 2.45) is 11.8 Å². The summed E-state index contributed by atoms with van der Waals surface area (Å²) >= 11 is 0. The quantitative estimate of drug-likeness (QED) is 0.448. The summed E-state index contributed by atoms with van der Waals surface area (Å²) in [5.74, 6) is 1.04. The normalized spacial score (nSPS) is 15.4. The molecule has 0 aliphatic rings. The zero-order valence-corrected chi connectivity index (χ0v) is 11.6. The number of ether oxygens (including phenoxy) is 1. The lowest BCUT2D eigenvalue weighted by Gasteiger charge is -2.15. The van der Waals surface area contributed by atoms with E-state index in [1.165, 1.54) is 0 Å². The number of hydrogen-bond acceptors (Lipinski definition) is 1. The zero-order valence-electron chi connectivity index (χ0n) is 11.6. The molecule has 1 unspecified atom stereocenters. The van der Waals surface area contributed by atoms with Gasteiger partial charge in [0.25, 0.3) is 0 Å². The fourth-order valence-corrected chi connectivity index (χ4v) is 1.05. The third kappa shape index (κ3) is 8.73. The molecule has 0 aromatic rings. The summed E-state index contributed by atoms with van der Waals surface area (Å²) in [4.78, 5) is 0. The summed E-state index contributed by atoms with van der Waals surface area (Å²) in [7, 11) is 0. The van der Waals surface area contributed by atoms with Crippen molar-refractivity contribution < 1.29 is 9.13 Å². The number of rotatable bonds is 7. The first-order valence-electron chi connectivity index (χ1n) is 6.27. The molecule has 0 fully saturated rings. The van der Waals surface area contributed by atoms with Gasteiger partial charge >= 0.3 is 0 Å². The summed E-state index contributed by atoms with van der Waals surface area (Å²) in [5.41, 5.74) is 0. The highest BCUT2D eigenvalue weighted by atomic mass is 19.1. The minimum Gasteiger partial charge on any atom is -0.460 e. The van der Waals surface area contributed by atoms with Crippen molar-refractivity contribution in [1.82, 2.24) is 0 Å². The van der Waals surface area contributed by atoms with Crippen LogP contribution in [0.1, 0.15) is 41.0 Å². The Morgan fingerprint density at radius 2 is 1.88 bits per heavy atom. The fourth-order valence-electron chi connectivity index (χ4n) is 1.05. The molecule has 98 valence electrons. The SMILES string of the molecule is C\C=C/C=C(\C=C\CC(C)C)OC(F)C(C)C. The van der Waals surface area contributed by atoms with Crippen LogP contribution >= 0.6 is 0 Å². The summed E-state index contributed by atoms with van der Waals surface area (Å²) < 4.78 is 18.7. The van der Waals surface area contributed by atoms with Crippen LogP contribution in [0.2, 0.25) is 0 Å². The first-order chi connectivity index (χ1) is 7.97. The molecule has 1 atom stereocenters. The molecule has 0 radical (unpaired) electrons. The molecule has 0 saturated heterocycles. The third-order valence-electron chi connectivity index (χ3n) is 2.12. The minimum atomic E-state index is -1.25. The molecular formula is C15H25FO. The minimum absolute atomic E-state index is 0.137. The lowest BCUT2D eigenvalue weighted by Crippen LogP contribution is -2.12. The maximum absolute atomic E-state index is 13.5. The predicted molar refractivity (Wildman–Crippen MR) is 72.3 cm³/mol. The third-order valence-corrected chi connectivity index (χ3v) is 2.12. The van der Waals surface area contributed by atoms with E-state index in [-0.39, 0.29) is 5.92 Å². The average molecular weight is 240 g/mol. The van der Waals surface area contributed by atoms with Gasteiger partial charge in [0, 0.05) is 5.92 Å². The first-order valence-corrected chi connectivity index (χ1v) is 6.27. The molecule has 0 aliphatic carbocycles. The van der Waals surface area contributed by atoms with Gasteiger partial charge in [-0.1, -0.05) is 45.9 Å².